The van der Waals surface area contributed by atoms with Crippen molar-refractivity contribution in [1.82, 2.24) is 15.2 Å². The second-order valence-electron chi connectivity index (χ2n) is 6.93. The topological polar surface area (TPSA) is 109 Å². The van der Waals surface area contributed by atoms with Crippen LogP contribution in [0.1, 0.15) is 25.8 Å². The Kier molecular flexibility index (Phi) is 6.68. The lowest BCUT2D eigenvalue weighted by Gasteiger charge is -2.33. The molecular weight excluding hydrogens is 393 g/mol. The summed E-state index contributed by atoms with van der Waals surface area (Å²) in [6.07, 6.45) is -1.12. The van der Waals surface area contributed by atoms with E-state index in [-0.39, 0.29) is 31.3 Å². The highest BCUT2D eigenvalue weighted by Crippen LogP contribution is 2.33. The average Bonchev–Trinajstić information content (AvgIpc) is 3.24. The zero-order valence-corrected chi connectivity index (χ0v) is 16.6. The molecule has 0 aliphatic carbocycles. The number of carbonyl (C=O) groups excluding carboxylic acids is 1. The molecule has 1 fully saturated rings. The monoisotopic (exact) mass is 413 g/mol. The molecule has 1 aliphatic rings. The van der Waals surface area contributed by atoms with Crippen molar-refractivity contribution in [2.45, 2.75) is 49.0 Å². The molecule has 146 valence electrons. The van der Waals surface area contributed by atoms with Crippen LogP contribution >= 0.6 is 24.2 Å². The molecule has 0 spiro atoms. The number of alkyl halides is 1. The normalized spacial score (nSPS) is 20.9. The van der Waals surface area contributed by atoms with Crippen molar-refractivity contribution in [2.75, 3.05) is 6.54 Å². The van der Waals surface area contributed by atoms with Gasteiger partial charge >= 0.3 is 0 Å². The summed E-state index contributed by atoms with van der Waals surface area (Å²) in [4.78, 5) is 14.0. The van der Waals surface area contributed by atoms with Crippen molar-refractivity contribution in [3.8, 4) is 6.07 Å². The number of nitrogens with zero attached hydrogens (tertiary/aromatic N) is 4. The fourth-order valence-corrected chi connectivity index (χ4v) is 3.90. The fraction of sp³-hybridized carbons (Fsp3) is 0.529. The maximum atomic E-state index is 13.6. The van der Waals surface area contributed by atoms with Gasteiger partial charge in [-0.3, -0.25) is 4.79 Å². The smallest absolute Gasteiger partial charge is 0.242 e. The first-order chi connectivity index (χ1) is 12.3. The highest BCUT2D eigenvalue weighted by Gasteiger charge is 2.42. The molecule has 2 N–H and O–H groups in total. The lowest BCUT2D eigenvalue weighted by Crippen LogP contribution is -2.54. The van der Waals surface area contributed by atoms with Crippen LogP contribution < -0.4 is 5.73 Å². The lowest BCUT2D eigenvalue weighted by molar-refractivity contribution is -0.133. The van der Waals surface area contributed by atoms with Crippen LogP contribution in [0.2, 0.25) is 0 Å². The molecular formula is C17H21ClFN5O2S. The third-order valence-electron chi connectivity index (χ3n) is 4.63. The second-order valence-corrected chi connectivity index (χ2v) is 8.56. The van der Waals surface area contributed by atoms with Crippen LogP contribution in [-0.2, 0) is 10.5 Å². The molecule has 3 unspecified atom stereocenters. The van der Waals surface area contributed by atoms with Gasteiger partial charge in [-0.25, -0.2) is 9.02 Å². The quantitative estimate of drug-likeness (QED) is 0.801. The van der Waals surface area contributed by atoms with Gasteiger partial charge in [0.15, 0.2) is 0 Å². The van der Waals surface area contributed by atoms with Gasteiger partial charge in [0.2, 0.25) is 5.91 Å². The Hall–Kier alpha value is -1.89. The standard InChI is InChI=1S/C17H20FN5O2S.ClH/c1-17(2,15(20)16(24)23-8-11(18)6-12(23)7-19)26-9-10-3-4-13-14(5-10)22-25-21-13;/h3-5,11-12,15H,6,8-9,20H2,1-2H3;1H. The number of hydrogen-bond donors (Lipinski definition) is 1. The molecule has 10 heteroatoms. The van der Waals surface area contributed by atoms with Crippen LogP contribution in [0.3, 0.4) is 0 Å². The highest BCUT2D eigenvalue weighted by molar-refractivity contribution is 7.99. The number of benzene rings is 1. The summed E-state index contributed by atoms with van der Waals surface area (Å²) in [6, 6.07) is 6.02. The minimum absolute atomic E-state index is 0. The number of carbonyl (C=O) groups is 1. The molecule has 0 bridgehead atoms. The van der Waals surface area contributed by atoms with Crippen molar-refractivity contribution in [3.63, 3.8) is 0 Å². The Morgan fingerprint density at radius 3 is 2.93 bits per heavy atom. The molecule has 0 saturated carbocycles. The van der Waals surface area contributed by atoms with Gasteiger partial charge in [0, 0.05) is 16.9 Å². The van der Waals surface area contributed by atoms with Crippen molar-refractivity contribution >= 4 is 41.1 Å². The Bertz CT molecular complexity index is 855. The number of rotatable bonds is 5. The summed E-state index contributed by atoms with van der Waals surface area (Å²) >= 11 is 1.52. The third-order valence-corrected chi connectivity index (χ3v) is 6.10. The summed E-state index contributed by atoms with van der Waals surface area (Å²) in [5.74, 6) is 0.231. The number of nitriles is 1. The summed E-state index contributed by atoms with van der Waals surface area (Å²) in [7, 11) is 0. The number of thioether (sulfide) groups is 1. The minimum atomic E-state index is -1.17. The van der Waals surface area contributed by atoms with Gasteiger partial charge in [-0.2, -0.15) is 5.26 Å². The summed E-state index contributed by atoms with van der Waals surface area (Å²) in [6.45, 7) is 3.68. The van der Waals surface area contributed by atoms with E-state index in [2.05, 4.69) is 14.9 Å². The maximum absolute atomic E-state index is 13.6. The van der Waals surface area contributed by atoms with Crippen molar-refractivity contribution in [3.05, 3.63) is 23.8 Å². The zero-order valence-electron chi connectivity index (χ0n) is 15.0. The number of aromatic nitrogens is 2. The molecule has 2 aromatic rings. The van der Waals surface area contributed by atoms with Gasteiger partial charge in [0.05, 0.1) is 18.7 Å². The number of fused-ring (bicyclic) bond motifs is 1. The SMILES string of the molecule is CC(C)(SCc1ccc2nonc2c1)C(N)C(=O)N1CC(F)CC1C#N.Cl. The Morgan fingerprint density at radius 1 is 1.52 bits per heavy atom. The average molecular weight is 414 g/mol. The molecule has 27 heavy (non-hydrogen) atoms. The molecule has 3 atom stereocenters. The number of likely N-dealkylation sites (tertiary alicyclic amines) is 1. The largest absolute Gasteiger partial charge is 0.322 e. The first-order valence-electron chi connectivity index (χ1n) is 8.26. The van der Waals surface area contributed by atoms with Gasteiger partial charge in [-0.05, 0) is 41.9 Å². The Balaban J connectivity index is 0.00000261. The van der Waals surface area contributed by atoms with E-state index in [1.807, 2.05) is 38.1 Å². The molecule has 2 heterocycles. The molecule has 1 saturated heterocycles. The molecule has 1 aliphatic heterocycles. The van der Waals surface area contributed by atoms with Gasteiger partial charge in [-0.1, -0.05) is 6.07 Å². The van der Waals surface area contributed by atoms with Gasteiger partial charge in [-0.15, -0.1) is 24.2 Å². The Labute approximate surface area is 166 Å². The summed E-state index contributed by atoms with van der Waals surface area (Å²) in [5, 5.41) is 16.7. The minimum Gasteiger partial charge on any atom is -0.322 e. The van der Waals surface area contributed by atoms with Crippen LogP contribution in [0, 0.1) is 11.3 Å². The van der Waals surface area contributed by atoms with Crippen molar-refractivity contribution in [1.29, 1.82) is 5.26 Å². The van der Waals surface area contributed by atoms with Gasteiger partial charge in [0.1, 0.15) is 23.2 Å². The van der Waals surface area contributed by atoms with Crippen LogP contribution in [-0.4, -0.2) is 50.7 Å². The third kappa shape index (κ3) is 4.51. The summed E-state index contributed by atoms with van der Waals surface area (Å²) in [5.41, 5.74) is 8.55. The number of halogens is 2. The number of amides is 1. The predicted molar refractivity (Wildman–Crippen MR) is 103 cm³/mol. The number of nitrogens with two attached hydrogens (primary N) is 1. The first kappa shape index (κ1) is 21.4. The van der Waals surface area contributed by atoms with Crippen molar-refractivity contribution in [2.24, 2.45) is 5.73 Å². The lowest BCUT2D eigenvalue weighted by atomic mass is 10.0. The van der Waals surface area contributed by atoms with E-state index in [1.54, 1.807) is 0 Å². The second kappa shape index (κ2) is 8.42. The molecule has 1 aromatic heterocycles. The van der Waals surface area contributed by atoms with E-state index in [0.717, 1.165) is 5.56 Å². The van der Waals surface area contributed by atoms with E-state index in [1.165, 1.54) is 16.7 Å². The van der Waals surface area contributed by atoms with Crippen LogP contribution in [0.5, 0.6) is 0 Å². The van der Waals surface area contributed by atoms with E-state index >= 15 is 0 Å². The molecule has 7 nitrogen and oxygen atoms in total. The highest BCUT2D eigenvalue weighted by atomic mass is 35.5. The van der Waals surface area contributed by atoms with Crippen molar-refractivity contribution < 1.29 is 13.8 Å². The summed E-state index contributed by atoms with van der Waals surface area (Å²) < 4.78 is 17.7. The van der Waals surface area contributed by atoms with Crippen LogP contribution in [0.15, 0.2) is 22.8 Å². The Morgan fingerprint density at radius 2 is 2.22 bits per heavy atom. The van der Waals surface area contributed by atoms with Gasteiger partial charge < -0.3 is 10.6 Å². The molecule has 1 aromatic carbocycles. The molecule has 1 amide bonds. The van der Waals surface area contributed by atoms with Crippen LogP contribution in [0.4, 0.5) is 4.39 Å². The number of hydrogen-bond acceptors (Lipinski definition) is 7. The maximum Gasteiger partial charge on any atom is 0.242 e. The van der Waals surface area contributed by atoms with E-state index in [0.29, 0.717) is 16.8 Å². The zero-order chi connectivity index (χ0) is 18.9. The first-order valence-corrected chi connectivity index (χ1v) is 9.25. The van der Waals surface area contributed by atoms with E-state index < -0.39 is 23.0 Å². The predicted octanol–water partition coefficient (Wildman–Crippen LogP) is 2.45. The van der Waals surface area contributed by atoms with E-state index in [4.69, 9.17) is 11.0 Å². The molecule has 0 radical (unpaired) electrons. The van der Waals surface area contributed by atoms with Gasteiger partial charge in [0.25, 0.3) is 0 Å². The molecule has 3 rings (SSSR count). The van der Waals surface area contributed by atoms with Crippen LogP contribution in [0.25, 0.3) is 11.0 Å². The van der Waals surface area contributed by atoms with E-state index in [9.17, 15) is 9.18 Å². The fourth-order valence-electron chi connectivity index (χ4n) is 2.90.